The van der Waals surface area contributed by atoms with E-state index in [0.29, 0.717) is 17.5 Å². The summed E-state index contributed by atoms with van der Waals surface area (Å²) in [7, 11) is 0. The molecule has 242 valence electrons. The van der Waals surface area contributed by atoms with E-state index in [0.717, 1.165) is 72.0 Å². The standard InChI is InChI=1S/C48H29N3O/c1-3-16-32(17-4-1)45-49-46(33-18-5-2-6-19-33)51-47(50-45)37-23-13-25-39-42(37)36-22-11-12-24-38(36)48(39)40-28-26-30-14-7-9-20-34(30)43(40)52-44-35-21-10-8-15-31(35)27-29-41(44)48/h1-29H. The quantitative estimate of drug-likeness (QED) is 0.189. The van der Waals surface area contributed by atoms with Crippen molar-refractivity contribution in [1.82, 2.24) is 15.0 Å². The third kappa shape index (κ3) is 4.00. The predicted molar refractivity (Wildman–Crippen MR) is 209 cm³/mol. The summed E-state index contributed by atoms with van der Waals surface area (Å²) in [6.45, 7) is 0. The lowest BCUT2D eigenvalue weighted by atomic mass is 9.65. The molecule has 4 heteroatoms. The Kier molecular flexibility index (Phi) is 6.13. The molecule has 11 rings (SSSR count). The van der Waals surface area contributed by atoms with Gasteiger partial charge in [-0.3, -0.25) is 0 Å². The molecule has 1 aliphatic heterocycles. The van der Waals surface area contributed by atoms with Crippen LogP contribution >= 0.6 is 0 Å². The van der Waals surface area contributed by atoms with E-state index in [1.54, 1.807) is 0 Å². The maximum atomic E-state index is 7.13. The molecule has 0 unspecified atom stereocenters. The third-order valence-electron chi connectivity index (χ3n) is 10.8. The van der Waals surface area contributed by atoms with Gasteiger partial charge >= 0.3 is 0 Å². The first-order valence-electron chi connectivity index (χ1n) is 17.6. The van der Waals surface area contributed by atoms with E-state index in [2.05, 4.69) is 140 Å². The molecule has 9 aromatic rings. The van der Waals surface area contributed by atoms with Crippen molar-refractivity contribution in [2.75, 3.05) is 0 Å². The van der Waals surface area contributed by atoms with E-state index >= 15 is 0 Å². The number of rotatable bonds is 3. The second-order valence-corrected chi connectivity index (χ2v) is 13.5. The molecule has 2 aliphatic rings. The van der Waals surface area contributed by atoms with Crippen LogP contribution in [0.15, 0.2) is 176 Å². The SMILES string of the molecule is c1ccc(-c2nc(-c3ccccc3)nc(-c3cccc4c3-c3ccccc3C43c4ccc5ccccc5c4Oc4c3ccc3ccccc43)n2)cc1. The van der Waals surface area contributed by atoms with Crippen LogP contribution in [0.25, 0.3) is 66.8 Å². The van der Waals surface area contributed by atoms with Crippen molar-refractivity contribution in [3.05, 3.63) is 198 Å². The fraction of sp³-hybridized carbons (Fsp3) is 0.0208. The lowest BCUT2D eigenvalue weighted by Gasteiger charge is -2.40. The molecule has 4 nitrogen and oxygen atoms in total. The van der Waals surface area contributed by atoms with E-state index in [9.17, 15) is 0 Å². The Morgan fingerprint density at radius 1 is 0.346 bits per heavy atom. The number of benzene rings is 8. The van der Waals surface area contributed by atoms with Crippen molar-refractivity contribution in [3.63, 3.8) is 0 Å². The zero-order valence-corrected chi connectivity index (χ0v) is 28.0. The molecule has 52 heavy (non-hydrogen) atoms. The van der Waals surface area contributed by atoms with Gasteiger partial charge in [0.15, 0.2) is 17.5 Å². The van der Waals surface area contributed by atoms with Crippen LogP contribution in [0, 0.1) is 0 Å². The van der Waals surface area contributed by atoms with Gasteiger partial charge in [-0.15, -0.1) is 0 Å². The maximum Gasteiger partial charge on any atom is 0.164 e. The van der Waals surface area contributed by atoms with Crippen molar-refractivity contribution in [3.8, 4) is 56.8 Å². The molecular formula is C48H29N3O. The Labute approximate surface area is 300 Å². The molecule has 2 heterocycles. The topological polar surface area (TPSA) is 47.9 Å². The molecule has 0 N–H and O–H groups in total. The Hall–Kier alpha value is -6.91. The highest BCUT2D eigenvalue weighted by Crippen LogP contribution is 2.64. The van der Waals surface area contributed by atoms with Crippen molar-refractivity contribution in [2.24, 2.45) is 0 Å². The second kappa shape index (κ2) is 11.0. The van der Waals surface area contributed by atoms with E-state index in [1.165, 1.54) is 11.1 Å². The Balaban J connectivity index is 1.26. The summed E-state index contributed by atoms with van der Waals surface area (Å²) in [6, 6.07) is 61.9. The van der Waals surface area contributed by atoms with Crippen LogP contribution in [-0.2, 0) is 5.41 Å². The molecule has 0 fully saturated rings. The summed E-state index contributed by atoms with van der Waals surface area (Å²) < 4.78 is 7.13. The largest absolute Gasteiger partial charge is 0.455 e. The van der Waals surface area contributed by atoms with E-state index in [4.69, 9.17) is 19.7 Å². The molecule has 1 spiro atoms. The lowest BCUT2D eigenvalue weighted by Crippen LogP contribution is -2.32. The summed E-state index contributed by atoms with van der Waals surface area (Å²) in [6.07, 6.45) is 0. The van der Waals surface area contributed by atoms with E-state index in [1.807, 2.05) is 36.4 Å². The minimum Gasteiger partial charge on any atom is -0.455 e. The van der Waals surface area contributed by atoms with Gasteiger partial charge in [-0.05, 0) is 33.0 Å². The highest BCUT2D eigenvalue weighted by molar-refractivity contribution is 6.01. The number of fused-ring (bicyclic) bond motifs is 13. The zero-order chi connectivity index (χ0) is 34.2. The highest BCUT2D eigenvalue weighted by Gasteiger charge is 2.52. The van der Waals surface area contributed by atoms with Crippen LogP contribution in [0.1, 0.15) is 22.3 Å². The molecule has 8 aromatic carbocycles. The normalized spacial score (nSPS) is 13.3. The van der Waals surface area contributed by atoms with E-state index in [-0.39, 0.29) is 0 Å². The minimum atomic E-state index is -0.656. The third-order valence-corrected chi connectivity index (χ3v) is 10.8. The summed E-state index contributed by atoms with van der Waals surface area (Å²) in [5.41, 5.74) is 9.15. The van der Waals surface area contributed by atoms with Crippen molar-refractivity contribution in [2.45, 2.75) is 5.41 Å². The monoisotopic (exact) mass is 663 g/mol. The van der Waals surface area contributed by atoms with Gasteiger partial charge in [-0.1, -0.05) is 176 Å². The minimum absolute atomic E-state index is 0.640. The molecular weight excluding hydrogens is 635 g/mol. The summed E-state index contributed by atoms with van der Waals surface area (Å²) >= 11 is 0. The average Bonchev–Trinajstić information content (AvgIpc) is 3.52. The second-order valence-electron chi connectivity index (χ2n) is 13.5. The fourth-order valence-corrected chi connectivity index (χ4v) is 8.57. The molecule has 0 saturated heterocycles. The van der Waals surface area contributed by atoms with Gasteiger partial charge in [0, 0.05) is 38.6 Å². The molecule has 0 saturated carbocycles. The molecule has 0 radical (unpaired) electrons. The Morgan fingerprint density at radius 3 is 1.44 bits per heavy atom. The smallest absolute Gasteiger partial charge is 0.164 e. The Morgan fingerprint density at radius 2 is 0.827 bits per heavy atom. The van der Waals surface area contributed by atoms with Gasteiger partial charge in [0.1, 0.15) is 11.5 Å². The van der Waals surface area contributed by atoms with Gasteiger partial charge in [0.25, 0.3) is 0 Å². The fourth-order valence-electron chi connectivity index (χ4n) is 8.57. The predicted octanol–water partition coefficient (Wildman–Crippen LogP) is 11.6. The Bertz CT molecular complexity index is 2740. The lowest BCUT2D eigenvalue weighted by molar-refractivity contribution is 0.447. The number of aromatic nitrogens is 3. The maximum absolute atomic E-state index is 7.13. The van der Waals surface area contributed by atoms with Crippen LogP contribution in [-0.4, -0.2) is 15.0 Å². The number of hydrogen-bond acceptors (Lipinski definition) is 4. The van der Waals surface area contributed by atoms with Crippen LogP contribution in [0.3, 0.4) is 0 Å². The van der Waals surface area contributed by atoms with Gasteiger partial charge in [0.05, 0.1) is 5.41 Å². The van der Waals surface area contributed by atoms with Gasteiger partial charge < -0.3 is 4.74 Å². The van der Waals surface area contributed by atoms with Crippen LogP contribution < -0.4 is 4.74 Å². The zero-order valence-electron chi connectivity index (χ0n) is 28.0. The first-order valence-corrected chi connectivity index (χ1v) is 17.6. The number of ether oxygens (including phenoxy) is 1. The van der Waals surface area contributed by atoms with Crippen LogP contribution in [0.2, 0.25) is 0 Å². The molecule has 1 aromatic heterocycles. The van der Waals surface area contributed by atoms with Crippen LogP contribution in [0.4, 0.5) is 0 Å². The average molecular weight is 664 g/mol. The van der Waals surface area contributed by atoms with Crippen LogP contribution in [0.5, 0.6) is 11.5 Å². The van der Waals surface area contributed by atoms with Gasteiger partial charge in [-0.25, -0.2) is 15.0 Å². The number of nitrogens with zero attached hydrogens (tertiary/aromatic N) is 3. The first kappa shape index (κ1) is 28.9. The summed E-state index contributed by atoms with van der Waals surface area (Å²) in [4.78, 5) is 15.4. The van der Waals surface area contributed by atoms with Gasteiger partial charge in [0.2, 0.25) is 0 Å². The first-order chi connectivity index (χ1) is 25.8. The molecule has 1 aliphatic carbocycles. The summed E-state index contributed by atoms with van der Waals surface area (Å²) in [5, 5.41) is 4.48. The molecule has 0 bridgehead atoms. The van der Waals surface area contributed by atoms with E-state index < -0.39 is 5.41 Å². The summed E-state index contributed by atoms with van der Waals surface area (Å²) in [5.74, 6) is 3.72. The van der Waals surface area contributed by atoms with Crippen molar-refractivity contribution in [1.29, 1.82) is 0 Å². The highest BCUT2D eigenvalue weighted by atomic mass is 16.5. The molecule has 0 amide bonds. The number of hydrogen-bond donors (Lipinski definition) is 0. The van der Waals surface area contributed by atoms with Gasteiger partial charge in [-0.2, -0.15) is 0 Å². The molecule has 0 atom stereocenters. The van der Waals surface area contributed by atoms with Crippen molar-refractivity contribution < 1.29 is 4.74 Å². The van der Waals surface area contributed by atoms with Crippen molar-refractivity contribution >= 4 is 21.5 Å².